The molecule has 0 aliphatic carbocycles. The van der Waals surface area contributed by atoms with Crippen LogP contribution in [0.3, 0.4) is 0 Å². The third-order valence-corrected chi connectivity index (χ3v) is 4.51. The van der Waals surface area contributed by atoms with Crippen LogP contribution in [0.4, 0.5) is 10.3 Å². The van der Waals surface area contributed by atoms with E-state index >= 15 is 0 Å². The SMILES string of the molecule is COc1ccc(-c2c(NC(=O)c3ccc(F)cc3)oc3ccccc3c2=O)cc1. The van der Waals surface area contributed by atoms with Gasteiger partial charge < -0.3 is 9.15 Å². The van der Waals surface area contributed by atoms with E-state index in [2.05, 4.69) is 5.32 Å². The molecular formula is C23H16FNO4. The number of hydrogen-bond donors (Lipinski definition) is 1. The molecule has 6 heteroatoms. The molecule has 29 heavy (non-hydrogen) atoms. The second-order valence-electron chi connectivity index (χ2n) is 6.32. The van der Waals surface area contributed by atoms with Gasteiger partial charge in [-0.05, 0) is 54.1 Å². The van der Waals surface area contributed by atoms with Crippen LogP contribution in [0.2, 0.25) is 0 Å². The van der Waals surface area contributed by atoms with Gasteiger partial charge in [0, 0.05) is 5.56 Å². The van der Waals surface area contributed by atoms with E-state index in [-0.39, 0.29) is 22.4 Å². The zero-order valence-electron chi connectivity index (χ0n) is 15.4. The highest BCUT2D eigenvalue weighted by Crippen LogP contribution is 2.30. The van der Waals surface area contributed by atoms with Crippen molar-refractivity contribution in [2.75, 3.05) is 12.4 Å². The summed E-state index contributed by atoms with van der Waals surface area (Å²) in [6.45, 7) is 0. The first kappa shape index (κ1) is 18.4. The van der Waals surface area contributed by atoms with E-state index in [0.717, 1.165) is 0 Å². The Morgan fingerprint density at radius 3 is 2.34 bits per heavy atom. The summed E-state index contributed by atoms with van der Waals surface area (Å²) >= 11 is 0. The molecule has 0 saturated carbocycles. The van der Waals surface area contributed by atoms with Gasteiger partial charge in [-0.1, -0.05) is 24.3 Å². The summed E-state index contributed by atoms with van der Waals surface area (Å²) in [5, 5.41) is 3.05. The van der Waals surface area contributed by atoms with E-state index < -0.39 is 11.7 Å². The number of methoxy groups -OCH3 is 1. The summed E-state index contributed by atoms with van der Waals surface area (Å²) in [6, 6.07) is 18.8. The number of carbonyl (C=O) groups is 1. The molecule has 1 aromatic heterocycles. The van der Waals surface area contributed by atoms with Crippen molar-refractivity contribution in [1.29, 1.82) is 0 Å². The minimum Gasteiger partial charge on any atom is -0.497 e. The highest BCUT2D eigenvalue weighted by atomic mass is 19.1. The van der Waals surface area contributed by atoms with Gasteiger partial charge in [0.2, 0.25) is 11.3 Å². The van der Waals surface area contributed by atoms with Crippen molar-refractivity contribution < 1.29 is 18.3 Å². The highest BCUT2D eigenvalue weighted by molar-refractivity contribution is 6.05. The first-order chi connectivity index (χ1) is 14.1. The zero-order valence-corrected chi connectivity index (χ0v) is 15.4. The average Bonchev–Trinajstić information content (AvgIpc) is 2.74. The molecule has 0 bridgehead atoms. The van der Waals surface area contributed by atoms with Crippen LogP contribution in [0.25, 0.3) is 22.1 Å². The summed E-state index contributed by atoms with van der Waals surface area (Å²) in [5.41, 5.74) is 1.11. The van der Waals surface area contributed by atoms with Gasteiger partial charge in [-0.25, -0.2) is 4.39 Å². The van der Waals surface area contributed by atoms with Crippen LogP contribution in [0, 0.1) is 5.82 Å². The number of nitrogens with one attached hydrogen (secondary N) is 1. The lowest BCUT2D eigenvalue weighted by Gasteiger charge is -2.12. The minimum atomic E-state index is -0.516. The molecule has 4 rings (SSSR count). The third kappa shape index (κ3) is 3.60. The van der Waals surface area contributed by atoms with Crippen LogP contribution < -0.4 is 15.5 Å². The highest BCUT2D eigenvalue weighted by Gasteiger charge is 2.19. The number of anilines is 1. The molecule has 0 spiro atoms. The normalized spacial score (nSPS) is 10.7. The van der Waals surface area contributed by atoms with Crippen molar-refractivity contribution >= 4 is 22.8 Å². The largest absolute Gasteiger partial charge is 0.497 e. The smallest absolute Gasteiger partial charge is 0.257 e. The fraction of sp³-hybridized carbons (Fsp3) is 0.0435. The van der Waals surface area contributed by atoms with Crippen molar-refractivity contribution in [3.63, 3.8) is 0 Å². The molecule has 0 aliphatic rings. The summed E-state index contributed by atoms with van der Waals surface area (Å²) in [6.07, 6.45) is 0. The van der Waals surface area contributed by atoms with Crippen molar-refractivity contribution in [2.45, 2.75) is 0 Å². The maximum atomic E-state index is 13.2. The fourth-order valence-electron chi connectivity index (χ4n) is 3.03. The van der Waals surface area contributed by atoms with Crippen molar-refractivity contribution in [1.82, 2.24) is 0 Å². The maximum Gasteiger partial charge on any atom is 0.257 e. The molecule has 1 N–H and O–H groups in total. The predicted octanol–water partition coefficient (Wildman–Crippen LogP) is 4.86. The molecule has 1 amide bonds. The van der Waals surface area contributed by atoms with E-state index in [4.69, 9.17) is 9.15 Å². The molecule has 0 fully saturated rings. The quantitative estimate of drug-likeness (QED) is 0.541. The van der Waals surface area contributed by atoms with E-state index in [1.165, 1.54) is 24.3 Å². The van der Waals surface area contributed by atoms with Gasteiger partial charge in [-0.2, -0.15) is 0 Å². The van der Waals surface area contributed by atoms with Crippen LogP contribution in [0.5, 0.6) is 5.75 Å². The van der Waals surface area contributed by atoms with Crippen molar-refractivity contribution in [3.8, 4) is 16.9 Å². The van der Waals surface area contributed by atoms with Crippen LogP contribution >= 0.6 is 0 Å². The van der Waals surface area contributed by atoms with E-state index in [1.54, 1.807) is 55.6 Å². The fourth-order valence-corrected chi connectivity index (χ4v) is 3.03. The van der Waals surface area contributed by atoms with Gasteiger partial charge in [0.15, 0.2) is 0 Å². The monoisotopic (exact) mass is 389 g/mol. The second-order valence-corrected chi connectivity index (χ2v) is 6.32. The number of carbonyl (C=O) groups excluding carboxylic acids is 1. The lowest BCUT2D eigenvalue weighted by molar-refractivity contribution is 0.102. The van der Waals surface area contributed by atoms with Crippen molar-refractivity contribution in [3.05, 3.63) is 94.4 Å². The molecular weight excluding hydrogens is 373 g/mol. The number of halogens is 1. The molecule has 0 unspecified atom stereocenters. The number of benzene rings is 3. The van der Waals surface area contributed by atoms with Crippen LogP contribution in [0.15, 0.2) is 82.0 Å². The minimum absolute atomic E-state index is 0.0215. The van der Waals surface area contributed by atoms with Crippen LogP contribution in [0.1, 0.15) is 10.4 Å². The maximum absolute atomic E-state index is 13.2. The molecule has 0 aliphatic heterocycles. The summed E-state index contributed by atoms with van der Waals surface area (Å²) < 4.78 is 24.2. The summed E-state index contributed by atoms with van der Waals surface area (Å²) in [7, 11) is 1.55. The van der Waals surface area contributed by atoms with Gasteiger partial charge in [0.25, 0.3) is 5.91 Å². The Morgan fingerprint density at radius 1 is 0.966 bits per heavy atom. The Balaban J connectivity index is 1.85. The molecule has 4 aromatic rings. The van der Waals surface area contributed by atoms with E-state index in [0.29, 0.717) is 22.3 Å². The third-order valence-electron chi connectivity index (χ3n) is 4.51. The number of ether oxygens (including phenoxy) is 1. The number of fused-ring (bicyclic) bond motifs is 1. The zero-order chi connectivity index (χ0) is 20.4. The predicted molar refractivity (Wildman–Crippen MR) is 109 cm³/mol. The van der Waals surface area contributed by atoms with E-state index in [1.807, 2.05) is 0 Å². The Morgan fingerprint density at radius 2 is 1.66 bits per heavy atom. The molecule has 0 saturated heterocycles. The van der Waals surface area contributed by atoms with Gasteiger partial charge in [0.1, 0.15) is 17.1 Å². The molecule has 3 aromatic carbocycles. The van der Waals surface area contributed by atoms with Gasteiger partial charge >= 0.3 is 0 Å². The summed E-state index contributed by atoms with van der Waals surface area (Å²) in [4.78, 5) is 25.8. The molecule has 5 nitrogen and oxygen atoms in total. The molecule has 144 valence electrons. The molecule has 0 radical (unpaired) electrons. The second kappa shape index (κ2) is 7.59. The standard InChI is InChI=1S/C23H16FNO4/c1-28-17-12-8-14(9-13-17)20-21(26)18-4-2-3-5-19(18)29-23(20)25-22(27)15-6-10-16(24)11-7-15/h2-13H,1H3,(H,25,27). The summed E-state index contributed by atoms with van der Waals surface area (Å²) in [5.74, 6) is -0.306. The Hall–Kier alpha value is -3.93. The molecule has 1 heterocycles. The first-order valence-corrected chi connectivity index (χ1v) is 8.84. The van der Waals surface area contributed by atoms with Gasteiger partial charge in [-0.15, -0.1) is 0 Å². The van der Waals surface area contributed by atoms with Crippen LogP contribution in [-0.4, -0.2) is 13.0 Å². The number of para-hydroxylation sites is 1. The lowest BCUT2D eigenvalue weighted by Crippen LogP contribution is -2.16. The van der Waals surface area contributed by atoms with Gasteiger partial charge in [-0.3, -0.25) is 14.9 Å². The Bertz CT molecular complexity index is 1240. The molecule has 0 atom stereocenters. The number of amides is 1. The first-order valence-electron chi connectivity index (χ1n) is 8.84. The lowest BCUT2D eigenvalue weighted by atomic mass is 10.0. The average molecular weight is 389 g/mol. The van der Waals surface area contributed by atoms with Crippen molar-refractivity contribution in [2.24, 2.45) is 0 Å². The number of rotatable bonds is 4. The van der Waals surface area contributed by atoms with Crippen LogP contribution in [-0.2, 0) is 0 Å². The Labute approximate surface area is 165 Å². The number of hydrogen-bond acceptors (Lipinski definition) is 4. The topological polar surface area (TPSA) is 68.5 Å². The van der Waals surface area contributed by atoms with E-state index in [9.17, 15) is 14.0 Å². The van der Waals surface area contributed by atoms with Gasteiger partial charge in [0.05, 0.1) is 18.1 Å². The Kier molecular flexibility index (Phi) is 4.83.